The molecule has 130 valence electrons. The molecule has 5 nitrogen and oxygen atoms in total. The van der Waals surface area contributed by atoms with Crippen LogP contribution in [0.4, 0.5) is 14.7 Å². The van der Waals surface area contributed by atoms with Crippen molar-refractivity contribution in [3.63, 3.8) is 0 Å². The van der Waals surface area contributed by atoms with Crippen LogP contribution in [0.1, 0.15) is 36.3 Å². The molecule has 1 N–H and O–H groups in total. The molecule has 1 unspecified atom stereocenters. The topological polar surface area (TPSA) is 58.2 Å². The SMILES string of the molecule is CCCN(C)c1nc(C(OC)c2c(F)cccc2F)c(C)c(=O)[nH]1. The van der Waals surface area contributed by atoms with E-state index in [0.29, 0.717) is 12.5 Å². The number of rotatable bonds is 6. The fraction of sp³-hybridized carbons (Fsp3) is 0.412. The standard InChI is InChI=1S/C17H21F2N3O2/c1-5-9-22(3)17-20-14(10(2)16(23)21-17)15(24-4)13-11(18)7-6-8-12(13)19/h6-8,15H,5,9H2,1-4H3,(H,20,21,23). The fourth-order valence-electron chi connectivity index (χ4n) is 2.54. The molecular formula is C17H21F2N3O2. The van der Waals surface area contributed by atoms with E-state index < -0.39 is 17.7 Å². The summed E-state index contributed by atoms with van der Waals surface area (Å²) in [4.78, 5) is 21.1. The lowest BCUT2D eigenvalue weighted by Gasteiger charge is -2.22. The summed E-state index contributed by atoms with van der Waals surface area (Å²) in [6, 6.07) is 3.58. The molecule has 0 saturated carbocycles. The van der Waals surface area contributed by atoms with Crippen molar-refractivity contribution in [2.75, 3.05) is 25.6 Å². The second-order valence-electron chi connectivity index (χ2n) is 5.57. The Balaban J connectivity index is 2.62. The Labute approximate surface area is 139 Å². The number of H-pyrrole nitrogens is 1. The molecule has 24 heavy (non-hydrogen) atoms. The molecule has 2 rings (SSSR count). The molecular weight excluding hydrogens is 316 g/mol. The minimum Gasteiger partial charge on any atom is -0.370 e. The Bertz CT molecular complexity index is 757. The van der Waals surface area contributed by atoms with Gasteiger partial charge in [0.15, 0.2) is 0 Å². The van der Waals surface area contributed by atoms with Gasteiger partial charge < -0.3 is 9.64 Å². The van der Waals surface area contributed by atoms with E-state index >= 15 is 0 Å². The lowest BCUT2D eigenvalue weighted by Crippen LogP contribution is -2.27. The zero-order valence-electron chi connectivity index (χ0n) is 14.2. The highest BCUT2D eigenvalue weighted by Crippen LogP contribution is 2.30. The summed E-state index contributed by atoms with van der Waals surface area (Å²) in [7, 11) is 3.11. The van der Waals surface area contributed by atoms with Crippen LogP contribution in [0.5, 0.6) is 0 Å². The molecule has 1 atom stereocenters. The molecule has 0 saturated heterocycles. The van der Waals surface area contributed by atoms with Gasteiger partial charge in [-0.25, -0.2) is 13.8 Å². The summed E-state index contributed by atoms with van der Waals surface area (Å²) in [6.45, 7) is 4.23. The van der Waals surface area contributed by atoms with Gasteiger partial charge in [-0.3, -0.25) is 9.78 Å². The van der Waals surface area contributed by atoms with E-state index in [2.05, 4.69) is 9.97 Å². The number of halogens is 2. The van der Waals surface area contributed by atoms with Gasteiger partial charge in [-0.1, -0.05) is 13.0 Å². The monoisotopic (exact) mass is 337 g/mol. The number of anilines is 1. The van der Waals surface area contributed by atoms with Crippen LogP contribution >= 0.6 is 0 Å². The molecule has 0 bridgehead atoms. The molecule has 0 spiro atoms. The second kappa shape index (κ2) is 7.53. The van der Waals surface area contributed by atoms with E-state index in [-0.39, 0.29) is 22.4 Å². The van der Waals surface area contributed by atoms with Crippen molar-refractivity contribution < 1.29 is 13.5 Å². The minimum absolute atomic E-state index is 0.197. The number of ether oxygens (including phenoxy) is 1. The minimum atomic E-state index is -1.11. The van der Waals surface area contributed by atoms with Crippen molar-refractivity contribution in [2.45, 2.75) is 26.4 Å². The number of hydrogen-bond acceptors (Lipinski definition) is 4. The van der Waals surface area contributed by atoms with Crippen LogP contribution in [0.25, 0.3) is 0 Å². The Morgan fingerprint density at radius 1 is 1.33 bits per heavy atom. The van der Waals surface area contributed by atoms with Gasteiger partial charge in [0, 0.05) is 26.3 Å². The van der Waals surface area contributed by atoms with Gasteiger partial charge in [-0.2, -0.15) is 0 Å². The van der Waals surface area contributed by atoms with Crippen LogP contribution in [-0.4, -0.2) is 30.7 Å². The molecule has 0 aliphatic carbocycles. The fourth-order valence-corrected chi connectivity index (χ4v) is 2.54. The summed E-state index contributed by atoms with van der Waals surface area (Å²) in [5, 5.41) is 0. The maximum absolute atomic E-state index is 14.1. The number of methoxy groups -OCH3 is 1. The zero-order chi connectivity index (χ0) is 17.9. The maximum atomic E-state index is 14.1. The maximum Gasteiger partial charge on any atom is 0.255 e. The average Bonchev–Trinajstić information content (AvgIpc) is 2.54. The van der Waals surface area contributed by atoms with Crippen molar-refractivity contribution in [3.05, 3.63) is 57.0 Å². The average molecular weight is 337 g/mol. The normalized spacial score (nSPS) is 12.2. The predicted octanol–water partition coefficient (Wildman–Crippen LogP) is 2.94. The van der Waals surface area contributed by atoms with Gasteiger partial charge in [0.05, 0.1) is 11.3 Å². The smallest absolute Gasteiger partial charge is 0.255 e. The van der Waals surface area contributed by atoms with E-state index in [1.54, 1.807) is 18.9 Å². The quantitative estimate of drug-likeness (QED) is 0.880. The predicted molar refractivity (Wildman–Crippen MR) is 88.4 cm³/mol. The molecule has 0 radical (unpaired) electrons. The van der Waals surface area contributed by atoms with Crippen LogP contribution in [0.15, 0.2) is 23.0 Å². The van der Waals surface area contributed by atoms with E-state index in [0.717, 1.165) is 18.6 Å². The number of benzene rings is 1. The van der Waals surface area contributed by atoms with E-state index in [4.69, 9.17) is 4.74 Å². The summed E-state index contributed by atoms with van der Waals surface area (Å²) in [6.07, 6.45) is -0.249. The highest BCUT2D eigenvalue weighted by atomic mass is 19.1. The Morgan fingerprint density at radius 2 is 1.96 bits per heavy atom. The Kier molecular flexibility index (Phi) is 5.66. The van der Waals surface area contributed by atoms with Gasteiger partial charge >= 0.3 is 0 Å². The summed E-state index contributed by atoms with van der Waals surface area (Å²) in [5.74, 6) is -1.15. The molecule has 7 heteroatoms. The van der Waals surface area contributed by atoms with Gasteiger partial charge in [0.25, 0.3) is 5.56 Å². The van der Waals surface area contributed by atoms with Crippen molar-refractivity contribution in [3.8, 4) is 0 Å². The van der Waals surface area contributed by atoms with Crippen LogP contribution in [0.2, 0.25) is 0 Å². The zero-order valence-corrected chi connectivity index (χ0v) is 14.2. The largest absolute Gasteiger partial charge is 0.370 e. The molecule has 1 aromatic carbocycles. The van der Waals surface area contributed by atoms with Crippen molar-refractivity contribution in [1.82, 2.24) is 9.97 Å². The van der Waals surface area contributed by atoms with E-state index in [1.165, 1.54) is 13.2 Å². The summed E-state index contributed by atoms with van der Waals surface area (Å²) < 4.78 is 33.6. The highest BCUT2D eigenvalue weighted by Gasteiger charge is 2.26. The second-order valence-corrected chi connectivity index (χ2v) is 5.57. The number of aromatic amines is 1. The molecule has 2 aromatic rings. The van der Waals surface area contributed by atoms with Crippen molar-refractivity contribution in [2.24, 2.45) is 0 Å². The van der Waals surface area contributed by atoms with Gasteiger partial charge in [0.1, 0.15) is 17.7 Å². The van der Waals surface area contributed by atoms with Gasteiger partial charge in [0.2, 0.25) is 5.95 Å². The third kappa shape index (κ3) is 3.46. The van der Waals surface area contributed by atoms with E-state index in [9.17, 15) is 13.6 Å². The third-order valence-electron chi connectivity index (χ3n) is 3.84. The lowest BCUT2D eigenvalue weighted by atomic mass is 10.0. The Morgan fingerprint density at radius 3 is 2.50 bits per heavy atom. The number of nitrogens with one attached hydrogen (secondary N) is 1. The van der Waals surface area contributed by atoms with Crippen LogP contribution in [-0.2, 0) is 4.74 Å². The van der Waals surface area contributed by atoms with E-state index in [1.807, 2.05) is 6.92 Å². The first-order valence-electron chi connectivity index (χ1n) is 7.69. The molecule has 0 aliphatic heterocycles. The first-order valence-corrected chi connectivity index (χ1v) is 7.69. The van der Waals surface area contributed by atoms with Crippen LogP contribution in [0, 0.1) is 18.6 Å². The van der Waals surface area contributed by atoms with Gasteiger partial charge in [-0.15, -0.1) is 0 Å². The highest BCUT2D eigenvalue weighted by molar-refractivity contribution is 5.37. The summed E-state index contributed by atoms with van der Waals surface area (Å²) >= 11 is 0. The van der Waals surface area contributed by atoms with Crippen LogP contribution in [0.3, 0.4) is 0 Å². The third-order valence-corrected chi connectivity index (χ3v) is 3.84. The number of nitrogens with zero attached hydrogens (tertiary/aromatic N) is 2. The summed E-state index contributed by atoms with van der Waals surface area (Å²) in [5.41, 5.74) is -0.164. The van der Waals surface area contributed by atoms with Crippen molar-refractivity contribution in [1.29, 1.82) is 0 Å². The van der Waals surface area contributed by atoms with Crippen molar-refractivity contribution >= 4 is 5.95 Å². The Hall–Kier alpha value is -2.28. The van der Waals surface area contributed by atoms with Crippen LogP contribution < -0.4 is 10.5 Å². The first-order chi connectivity index (χ1) is 11.4. The number of hydrogen-bond donors (Lipinski definition) is 1. The molecule has 1 aromatic heterocycles. The first kappa shape index (κ1) is 18.1. The molecule has 0 fully saturated rings. The molecule has 0 aliphatic rings. The molecule has 0 amide bonds. The van der Waals surface area contributed by atoms with Gasteiger partial charge in [-0.05, 0) is 25.5 Å². The lowest BCUT2D eigenvalue weighted by molar-refractivity contribution is 0.125. The number of aromatic nitrogens is 2. The molecule has 1 heterocycles.